The molecule has 21 heavy (non-hydrogen) atoms. The molecule has 1 unspecified atom stereocenters. The van der Waals surface area contributed by atoms with E-state index in [0.717, 1.165) is 15.6 Å². The molecule has 2 amide bonds. The zero-order valence-electron chi connectivity index (χ0n) is 11.6. The van der Waals surface area contributed by atoms with Crippen LogP contribution in [0.25, 0.3) is 0 Å². The Labute approximate surface area is 132 Å². The minimum atomic E-state index is -0.558. The van der Waals surface area contributed by atoms with Gasteiger partial charge in [-0.2, -0.15) is 0 Å². The number of aliphatic hydroxyl groups is 1. The zero-order chi connectivity index (χ0) is 15.2. The van der Waals surface area contributed by atoms with E-state index in [2.05, 4.69) is 26.6 Å². The number of carbonyl (C=O) groups is 1. The lowest BCUT2D eigenvalue weighted by atomic mass is 10.1. The Kier molecular flexibility index (Phi) is 5.36. The molecule has 5 heteroatoms. The Bertz CT molecular complexity index is 612. The minimum absolute atomic E-state index is 0.277. The van der Waals surface area contributed by atoms with Crippen LogP contribution in [0.3, 0.4) is 0 Å². The molecule has 2 aromatic rings. The molecule has 110 valence electrons. The van der Waals surface area contributed by atoms with Gasteiger partial charge in [0.25, 0.3) is 0 Å². The van der Waals surface area contributed by atoms with Crippen molar-refractivity contribution < 1.29 is 9.90 Å². The molecule has 0 aliphatic rings. The molecule has 0 aliphatic heterocycles. The van der Waals surface area contributed by atoms with E-state index in [1.54, 1.807) is 25.1 Å². The Morgan fingerprint density at radius 3 is 2.62 bits per heavy atom. The third-order valence-corrected chi connectivity index (χ3v) is 3.52. The van der Waals surface area contributed by atoms with Gasteiger partial charge in [0.15, 0.2) is 0 Å². The molecule has 0 aliphatic carbocycles. The minimum Gasteiger partial charge on any atom is -0.389 e. The Morgan fingerprint density at radius 2 is 1.95 bits per heavy atom. The average molecular weight is 349 g/mol. The zero-order valence-corrected chi connectivity index (χ0v) is 13.2. The summed E-state index contributed by atoms with van der Waals surface area (Å²) in [5.74, 6) is 0. The molecule has 0 radical (unpaired) electrons. The fourth-order valence-corrected chi connectivity index (χ4v) is 2.10. The summed E-state index contributed by atoms with van der Waals surface area (Å²) < 4.78 is 1.01. The number of benzene rings is 2. The normalized spacial score (nSPS) is 11.8. The molecule has 0 saturated carbocycles. The van der Waals surface area contributed by atoms with Crippen molar-refractivity contribution in [2.24, 2.45) is 0 Å². The number of rotatable bonds is 4. The quantitative estimate of drug-likeness (QED) is 0.786. The highest BCUT2D eigenvalue weighted by molar-refractivity contribution is 9.10. The predicted molar refractivity (Wildman–Crippen MR) is 87.1 cm³/mol. The van der Waals surface area contributed by atoms with Crippen LogP contribution in [0.5, 0.6) is 0 Å². The van der Waals surface area contributed by atoms with E-state index in [0.29, 0.717) is 12.2 Å². The topological polar surface area (TPSA) is 61.4 Å². The largest absolute Gasteiger partial charge is 0.389 e. The van der Waals surface area contributed by atoms with E-state index in [9.17, 15) is 9.90 Å². The van der Waals surface area contributed by atoms with Crippen molar-refractivity contribution in [1.29, 1.82) is 0 Å². The van der Waals surface area contributed by atoms with E-state index in [1.807, 2.05) is 30.3 Å². The van der Waals surface area contributed by atoms with Gasteiger partial charge in [-0.1, -0.05) is 40.2 Å². The molecule has 2 aromatic carbocycles. The van der Waals surface area contributed by atoms with Gasteiger partial charge in [-0.05, 0) is 42.3 Å². The maximum absolute atomic E-state index is 11.8. The first-order valence-electron chi connectivity index (χ1n) is 6.62. The summed E-state index contributed by atoms with van der Waals surface area (Å²) in [7, 11) is 0. The van der Waals surface area contributed by atoms with Crippen LogP contribution in [0.4, 0.5) is 10.5 Å². The van der Waals surface area contributed by atoms with Crippen LogP contribution >= 0.6 is 15.9 Å². The molecule has 2 rings (SSSR count). The Hall–Kier alpha value is -1.85. The summed E-state index contributed by atoms with van der Waals surface area (Å²) in [5.41, 5.74) is 2.44. The molecule has 0 saturated heterocycles. The van der Waals surface area contributed by atoms with Crippen LogP contribution in [0, 0.1) is 0 Å². The number of halogens is 1. The van der Waals surface area contributed by atoms with Gasteiger partial charge in [-0.25, -0.2) is 4.79 Å². The highest BCUT2D eigenvalue weighted by atomic mass is 79.9. The second kappa shape index (κ2) is 7.24. The molecular formula is C16H17BrN2O2. The lowest BCUT2D eigenvalue weighted by molar-refractivity contribution is 0.199. The van der Waals surface area contributed by atoms with E-state index in [-0.39, 0.29) is 6.03 Å². The SMILES string of the molecule is CC(O)c1cccc(NC(=O)NCc2ccc(Br)cc2)c1. The van der Waals surface area contributed by atoms with Gasteiger partial charge in [-0.3, -0.25) is 0 Å². The summed E-state index contributed by atoms with van der Waals surface area (Å²) in [4.78, 5) is 11.8. The highest BCUT2D eigenvalue weighted by Gasteiger charge is 2.05. The molecule has 4 nitrogen and oxygen atoms in total. The fraction of sp³-hybridized carbons (Fsp3) is 0.188. The maximum Gasteiger partial charge on any atom is 0.319 e. The summed E-state index contributed by atoms with van der Waals surface area (Å²) in [6.07, 6.45) is -0.558. The second-order valence-electron chi connectivity index (χ2n) is 4.74. The van der Waals surface area contributed by atoms with Crippen molar-refractivity contribution in [3.8, 4) is 0 Å². The smallest absolute Gasteiger partial charge is 0.319 e. The number of carbonyl (C=O) groups excluding carboxylic acids is 1. The van der Waals surface area contributed by atoms with Gasteiger partial charge in [0.2, 0.25) is 0 Å². The summed E-state index contributed by atoms with van der Waals surface area (Å²) in [6, 6.07) is 14.6. The molecule has 0 heterocycles. The number of aliphatic hydroxyl groups excluding tert-OH is 1. The lowest BCUT2D eigenvalue weighted by Gasteiger charge is -2.10. The highest BCUT2D eigenvalue weighted by Crippen LogP contribution is 2.17. The maximum atomic E-state index is 11.8. The van der Waals surface area contributed by atoms with Gasteiger partial charge in [-0.15, -0.1) is 0 Å². The average Bonchev–Trinajstić information content (AvgIpc) is 2.47. The second-order valence-corrected chi connectivity index (χ2v) is 5.65. The van der Waals surface area contributed by atoms with Gasteiger partial charge in [0.1, 0.15) is 0 Å². The summed E-state index contributed by atoms with van der Waals surface area (Å²) in [6.45, 7) is 2.14. The third-order valence-electron chi connectivity index (χ3n) is 2.99. The molecule has 1 atom stereocenters. The molecule has 0 bridgehead atoms. The van der Waals surface area contributed by atoms with Crippen molar-refractivity contribution in [3.63, 3.8) is 0 Å². The standard InChI is InChI=1S/C16H17BrN2O2/c1-11(20)13-3-2-4-15(9-13)19-16(21)18-10-12-5-7-14(17)8-6-12/h2-9,11,20H,10H2,1H3,(H2,18,19,21). The van der Waals surface area contributed by atoms with E-state index in [1.165, 1.54) is 0 Å². The number of hydrogen-bond donors (Lipinski definition) is 3. The number of urea groups is 1. The van der Waals surface area contributed by atoms with E-state index in [4.69, 9.17) is 0 Å². The predicted octanol–water partition coefficient (Wildman–Crippen LogP) is 3.82. The van der Waals surface area contributed by atoms with Crippen molar-refractivity contribution in [2.45, 2.75) is 19.6 Å². The summed E-state index contributed by atoms with van der Waals surface area (Å²) in [5, 5.41) is 15.1. The number of hydrogen-bond acceptors (Lipinski definition) is 2. The van der Waals surface area contributed by atoms with Crippen molar-refractivity contribution in [1.82, 2.24) is 5.32 Å². The van der Waals surface area contributed by atoms with Crippen LogP contribution in [-0.2, 0) is 6.54 Å². The molecule has 0 spiro atoms. The van der Waals surface area contributed by atoms with E-state index >= 15 is 0 Å². The van der Waals surface area contributed by atoms with Gasteiger partial charge in [0.05, 0.1) is 6.10 Å². The van der Waals surface area contributed by atoms with Gasteiger partial charge < -0.3 is 15.7 Å². The first-order valence-corrected chi connectivity index (χ1v) is 7.41. The van der Waals surface area contributed by atoms with Crippen LogP contribution in [0.2, 0.25) is 0 Å². The van der Waals surface area contributed by atoms with Crippen molar-refractivity contribution in [3.05, 3.63) is 64.1 Å². The lowest BCUT2D eigenvalue weighted by Crippen LogP contribution is -2.28. The molecular weight excluding hydrogens is 332 g/mol. The number of nitrogens with one attached hydrogen (secondary N) is 2. The van der Waals surface area contributed by atoms with Gasteiger partial charge >= 0.3 is 6.03 Å². The fourth-order valence-electron chi connectivity index (χ4n) is 1.84. The first kappa shape index (κ1) is 15.5. The Morgan fingerprint density at radius 1 is 1.24 bits per heavy atom. The number of anilines is 1. The van der Waals surface area contributed by atoms with Crippen molar-refractivity contribution >= 4 is 27.6 Å². The summed E-state index contributed by atoms with van der Waals surface area (Å²) >= 11 is 3.37. The van der Waals surface area contributed by atoms with E-state index < -0.39 is 6.10 Å². The number of amides is 2. The monoisotopic (exact) mass is 348 g/mol. The van der Waals surface area contributed by atoms with Crippen LogP contribution in [-0.4, -0.2) is 11.1 Å². The molecule has 0 aromatic heterocycles. The Balaban J connectivity index is 1.89. The van der Waals surface area contributed by atoms with Crippen LogP contribution in [0.15, 0.2) is 53.0 Å². The van der Waals surface area contributed by atoms with Crippen LogP contribution < -0.4 is 10.6 Å². The third kappa shape index (κ3) is 4.88. The van der Waals surface area contributed by atoms with Crippen molar-refractivity contribution in [2.75, 3.05) is 5.32 Å². The van der Waals surface area contributed by atoms with Gasteiger partial charge in [0, 0.05) is 16.7 Å². The first-order chi connectivity index (χ1) is 10.0. The molecule has 3 N–H and O–H groups in total. The van der Waals surface area contributed by atoms with Crippen LogP contribution in [0.1, 0.15) is 24.2 Å². The molecule has 0 fully saturated rings.